The van der Waals surface area contributed by atoms with Crippen LogP contribution in [0.3, 0.4) is 0 Å². The number of alkyl carbamates (subject to hydrolysis) is 1. The predicted molar refractivity (Wildman–Crippen MR) is 110 cm³/mol. The molecule has 2 aromatic rings. The third-order valence-corrected chi connectivity index (χ3v) is 4.48. The molecule has 0 radical (unpaired) electrons. The van der Waals surface area contributed by atoms with Gasteiger partial charge in [-0.2, -0.15) is 0 Å². The van der Waals surface area contributed by atoms with E-state index >= 15 is 0 Å². The monoisotopic (exact) mass is 395 g/mol. The lowest BCUT2D eigenvalue weighted by Gasteiger charge is -2.34. The zero-order chi connectivity index (χ0) is 21.2. The van der Waals surface area contributed by atoms with E-state index in [9.17, 15) is 14.4 Å². The molecule has 1 unspecified atom stereocenters. The fourth-order valence-electron chi connectivity index (χ4n) is 3.22. The van der Waals surface area contributed by atoms with Gasteiger partial charge in [0.05, 0.1) is 5.69 Å². The second-order valence-electron chi connectivity index (χ2n) is 7.83. The summed E-state index contributed by atoms with van der Waals surface area (Å²) in [7, 11) is 1.56. The van der Waals surface area contributed by atoms with E-state index in [1.807, 2.05) is 24.3 Å². The number of amides is 3. The van der Waals surface area contributed by atoms with E-state index in [2.05, 4.69) is 10.6 Å². The maximum atomic E-state index is 13.2. The van der Waals surface area contributed by atoms with Crippen LogP contribution in [-0.2, 0) is 16.0 Å². The van der Waals surface area contributed by atoms with Crippen molar-refractivity contribution in [3.63, 3.8) is 0 Å². The molecule has 1 aliphatic rings. The Hall–Kier alpha value is -3.35. The van der Waals surface area contributed by atoms with Gasteiger partial charge in [-0.3, -0.25) is 14.5 Å². The quantitative estimate of drug-likeness (QED) is 0.836. The number of benzene rings is 2. The SMILES string of the molecule is CNC(=O)c1ccc(N2C(=O)C(NC(=O)OC(C)(C)C)Cc3ccccc32)cc1. The molecule has 2 N–H and O–H groups in total. The highest BCUT2D eigenvalue weighted by molar-refractivity contribution is 6.07. The Balaban J connectivity index is 1.92. The van der Waals surface area contributed by atoms with Gasteiger partial charge in [0.2, 0.25) is 0 Å². The molecule has 1 heterocycles. The second kappa shape index (κ2) is 7.95. The molecule has 7 nitrogen and oxygen atoms in total. The van der Waals surface area contributed by atoms with Crippen LogP contribution in [0.25, 0.3) is 0 Å². The van der Waals surface area contributed by atoms with Crippen LogP contribution in [0, 0.1) is 0 Å². The summed E-state index contributed by atoms with van der Waals surface area (Å²) in [5.41, 5.74) is 2.15. The molecular formula is C22H25N3O4. The van der Waals surface area contributed by atoms with Crippen molar-refractivity contribution in [3.05, 3.63) is 59.7 Å². The predicted octanol–water partition coefficient (Wildman–Crippen LogP) is 3.16. The molecule has 0 aromatic heterocycles. The van der Waals surface area contributed by atoms with Crippen LogP contribution in [0.4, 0.5) is 16.2 Å². The average molecular weight is 395 g/mol. The second-order valence-corrected chi connectivity index (χ2v) is 7.83. The molecule has 7 heteroatoms. The van der Waals surface area contributed by atoms with Crippen molar-refractivity contribution >= 4 is 29.3 Å². The molecule has 0 saturated heterocycles. The molecule has 3 amide bonds. The zero-order valence-corrected chi connectivity index (χ0v) is 17.0. The van der Waals surface area contributed by atoms with Crippen molar-refractivity contribution in [1.29, 1.82) is 0 Å². The van der Waals surface area contributed by atoms with Crippen molar-refractivity contribution in [1.82, 2.24) is 10.6 Å². The first-order valence-corrected chi connectivity index (χ1v) is 9.43. The molecular weight excluding hydrogens is 370 g/mol. The van der Waals surface area contributed by atoms with Gasteiger partial charge >= 0.3 is 6.09 Å². The molecule has 1 atom stereocenters. The minimum Gasteiger partial charge on any atom is -0.444 e. The molecule has 29 heavy (non-hydrogen) atoms. The van der Waals surface area contributed by atoms with Gasteiger partial charge in [0, 0.05) is 24.7 Å². The van der Waals surface area contributed by atoms with Gasteiger partial charge in [0.15, 0.2) is 0 Å². The summed E-state index contributed by atoms with van der Waals surface area (Å²) in [5, 5.41) is 5.26. The van der Waals surface area contributed by atoms with Gasteiger partial charge < -0.3 is 15.4 Å². The normalized spacial score (nSPS) is 16.1. The number of hydrogen-bond donors (Lipinski definition) is 2. The molecule has 0 fully saturated rings. The maximum Gasteiger partial charge on any atom is 0.408 e. The summed E-state index contributed by atoms with van der Waals surface area (Å²) < 4.78 is 5.31. The number of nitrogens with zero attached hydrogens (tertiary/aromatic N) is 1. The smallest absolute Gasteiger partial charge is 0.408 e. The third-order valence-electron chi connectivity index (χ3n) is 4.48. The Morgan fingerprint density at radius 3 is 2.34 bits per heavy atom. The molecule has 2 aromatic carbocycles. The van der Waals surface area contributed by atoms with Crippen LogP contribution >= 0.6 is 0 Å². The fraction of sp³-hybridized carbons (Fsp3) is 0.318. The molecule has 0 saturated carbocycles. The van der Waals surface area contributed by atoms with Gasteiger partial charge in [-0.05, 0) is 56.7 Å². The van der Waals surface area contributed by atoms with Crippen LogP contribution in [0.1, 0.15) is 36.7 Å². The first-order valence-electron chi connectivity index (χ1n) is 9.43. The zero-order valence-electron chi connectivity index (χ0n) is 17.0. The Kier molecular flexibility index (Phi) is 5.59. The van der Waals surface area contributed by atoms with E-state index in [1.54, 1.807) is 57.0 Å². The topological polar surface area (TPSA) is 87.7 Å². The lowest BCUT2D eigenvalue weighted by Crippen LogP contribution is -2.52. The number of fused-ring (bicyclic) bond motifs is 1. The number of ether oxygens (including phenoxy) is 1. The lowest BCUT2D eigenvalue weighted by atomic mass is 9.96. The van der Waals surface area contributed by atoms with Crippen LogP contribution in [0.15, 0.2) is 48.5 Å². The molecule has 3 rings (SSSR count). The van der Waals surface area contributed by atoms with E-state index < -0.39 is 17.7 Å². The van der Waals surface area contributed by atoms with Crippen molar-refractivity contribution in [2.75, 3.05) is 11.9 Å². The van der Waals surface area contributed by atoms with Gasteiger partial charge in [0.25, 0.3) is 11.8 Å². The Morgan fingerprint density at radius 1 is 1.07 bits per heavy atom. The fourth-order valence-corrected chi connectivity index (χ4v) is 3.22. The summed E-state index contributed by atoms with van der Waals surface area (Å²) >= 11 is 0. The van der Waals surface area contributed by atoms with E-state index in [0.717, 1.165) is 11.3 Å². The van der Waals surface area contributed by atoms with Gasteiger partial charge in [-0.25, -0.2) is 4.79 Å². The van der Waals surface area contributed by atoms with Crippen molar-refractivity contribution in [2.24, 2.45) is 0 Å². The largest absolute Gasteiger partial charge is 0.444 e. The van der Waals surface area contributed by atoms with Crippen LogP contribution in [-0.4, -0.2) is 36.6 Å². The highest BCUT2D eigenvalue weighted by Crippen LogP contribution is 2.34. The maximum absolute atomic E-state index is 13.2. The molecule has 152 valence electrons. The summed E-state index contributed by atoms with van der Waals surface area (Å²) in [6, 6.07) is 13.6. The van der Waals surface area contributed by atoms with E-state index in [4.69, 9.17) is 4.74 Å². The molecule has 0 bridgehead atoms. The number of para-hydroxylation sites is 1. The van der Waals surface area contributed by atoms with Crippen LogP contribution in [0.5, 0.6) is 0 Å². The van der Waals surface area contributed by atoms with Crippen molar-refractivity contribution < 1.29 is 19.1 Å². The number of hydrogen-bond acceptors (Lipinski definition) is 4. The van der Waals surface area contributed by atoms with Crippen LogP contribution in [0.2, 0.25) is 0 Å². The van der Waals surface area contributed by atoms with Crippen molar-refractivity contribution in [3.8, 4) is 0 Å². The number of carbonyl (C=O) groups excluding carboxylic acids is 3. The van der Waals surface area contributed by atoms with E-state index in [1.165, 1.54) is 0 Å². The number of anilines is 2. The highest BCUT2D eigenvalue weighted by atomic mass is 16.6. The Morgan fingerprint density at radius 2 is 1.72 bits per heavy atom. The van der Waals surface area contributed by atoms with E-state index in [0.29, 0.717) is 17.7 Å². The summed E-state index contributed by atoms with van der Waals surface area (Å²) in [6.45, 7) is 5.31. The highest BCUT2D eigenvalue weighted by Gasteiger charge is 2.35. The third kappa shape index (κ3) is 4.56. The van der Waals surface area contributed by atoms with Crippen molar-refractivity contribution in [2.45, 2.75) is 38.8 Å². The molecule has 0 spiro atoms. The Labute approximate surface area is 170 Å². The number of rotatable bonds is 3. The van der Waals surface area contributed by atoms with Gasteiger partial charge in [-0.1, -0.05) is 18.2 Å². The summed E-state index contributed by atoms with van der Waals surface area (Å²) in [5.74, 6) is -0.464. The minimum atomic E-state index is -0.752. The van der Waals surface area contributed by atoms with Crippen LogP contribution < -0.4 is 15.5 Å². The lowest BCUT2D eigenvalue weighted by molar-refractivity contribution is -0.120. The summed E-state index contributed by atoms with van der Waals surface area (Å²) in [4.78, 5) is 38.8. The van der Waals surface area contributed by atoms with Gasteiger partial charge in [-0.15, -0.1) is 0 Å². The first kappa shape index (κ1) is 20.4. The van der Waals surface area contributed by atoms with E-state index in [-0.39, 0.29) is 11.8 Å². The number of nitrogens with one attached hydrogen (secondary N) is 2. The summed E-state index contributed by atoms with van der Waals surface area (Å²) in [6.07, 6.45) is -0.258. The minimum absolute atomic E-state index is 0.202. The number of carbonyl (C=O) groups is 3. The van der Waals surface area contributed by atoms with Gasteiger partial charge in [0.1, 0.15) is 11.6 Å². The Bertz CT molecular complexity index is 932. The molecule has 0 aliphatic carbocycles. The standard InChI is InChI=1S/C22H25N3O4/c1-22(2,3)29-21(28)24-17-13-15-7-5-6-8-18(15)25(20(17)27)16-11-9-14(10-12-16)19(26)23-4/h5-12,17H,13H2,1-4H3,(H,23,26)(H,24,28). The molecule has 1 aliphatic heterocycles. The average Bonchev–Trinajstić information content (AvgIpc) is 2.67. The first-order chi connectivity index (χ1) is 13.7.